The summed E-state index contributed by atoms with van der Waals surface area (Å²) in [5, 5.41) is 3.97. The number of hydrogen-bond acceptors (Lipinski definition) is 3. The first-order valence-corrected chi connectivity index (χ1v) is 6.70. The van der Waals surface area contributed by atoms with Crippen molar-refractivity contribution in [2.75, 3.05) is 0 Å². The topological polar surface area (TPSA) is 72.2 Å². The molecule has 3 amide bonds. The predicted molar refractivity (Wildman–Crippen MR) is 77.0 cm³/mol. The first kappa shape index (κ1) is 13.4. The number of thioether (sulfide) groups is 1. The van der Waals surface area contributed by atoms with Crippen LogP contribution in [-0.4, -0.2) is 17.2 Å². The summed E-state index contributed by atoms with van der Waals surface area (Å²) in [5.74, 6) is -0.384. The molecule has 2 aromatic carbocycles. The fourth-order valence-electron chi connectivity index (χ4n) is 1.72. The highest BCUT2D eigenvalue weighted by Crippen LogP contribution is 2.26. The van der Waals surface area contributed by atoms with E-state index in [9.17, 15) is 9.59 Å². The van der Waals surface area contributed by atoms with E-state index in [1.807, 2.05) is 42.5 Å². The van der Waals surface area contributed by atoms with E-state index in [0.29, 0.717) is 0 Å². The van der Waals surface area contributed by atoms with Crippen LogP contribution in [0.5, 0.6) is 0 Å². The van der Waals surface area contributed by atoms with Crippen molar-refractivity contribution in [1.29, 1.82) is 0 Å². The van der Waals surface area contributed by atoms with Crippen molar-refractivity contribution in [2.45, 2.75) is 17.1 Å². The Hall–Kier alpha value is -2.01. The van der Waals surface area contributed by atoms with Crippen LogP contribution in [0, 0.1) is 0 Å². The minimum absolute atomic E-state index is 0.381. The number of amides is 3. The largest absolute Gasteiger partial charge is 0.351 e. The highest BCUT2D eigenvalue weighted by molar-refractivity contribution is 8.00. The molecule has 0 saturated carbocycles. The Balaban J connectivity index is 2.12. The average molecular weight is 274 g/mol. The van der Waals surface area contributed by atoms with Crippen LogP contribution in [0.3, 0.4) is 0 Å². The van der Waals surface area contributed by atoms with Crippen LogP contribution in [0.25, 0.3) is 10.8 Å². The molecule has 0 heterocycles. The van der Waals surface area contributed by atoms with Gasteiger partial charge in [0, 0.05) is 4.90 Å². The maximum Gasteiger partial charge on any atom is 0.318 e. The van der Waals surface area contributed by atoms with Crippen LogP contribution in [0.4, 0.5) is 4.79 Å². The minimum atomic E-state index is -0.823. The highest BCUT2D eigenvalue weighted by atomic mass is 32.2. The summed E-state index contributed by atoms with van der Waals surface area (Å²) in [5.41, 5.74) is 4.92. The van der Waals surface area contributed by atoms with Crippen LogP contribution in [0.15, 0.2) is 47.4 Å². The molecule has 3 N–H and O–H groups in total. The van der Waals surface area contributed by atoms with Crippen molar-refractivity contribution in [2.24, 2.45) is 5.73 Å². The molecule has 2 rings (SSSR count). The van der Waals surface area contributed by atoms with Crippen LogP contribution < -0.4 is 11.1 Å². The molecule has 4 nitrogen and oxygen atoms in total. The molecule has 0 aromatic heterocycles. The van der Waals surface area contributed by atoms with E-state index in [1.54, 1.807) is 6.92 Å². The van der Waals surface area contributed by atoms with Gasteiger partial charge in [-0.05, 0) is 29.8 Å². The summed E-state index contributed by atoms with van der Waals surface area (Å²) < 4.78 is 0. The Morgan fingerprint density at radius 1 is 1.16 bits per heavy atom. The van der Waals surface area contributed by atoms with Crippen LogP contribution in [0.2, 0.25) is 0 Å². The Morgan fingerprint density at radius 2 is 1.84 bits per heavy atom. The summed E-state index contributed by atoms with van der Waals surface area (Å²) in [4.78, 5) is 23.2. The Morgan fingerprint density at radius 3 is 2.53 bits per heavy atom. The summed E-state index contributed by atoms with van der Waals surface area (Å²) in [7, 11) is 0. The smallest absolute Gasteiger partial charge is 0.318 e. The first-order valence-electron chi connectivity index (χ1n) is 5.82. The van der Waals surface area contributed by atoms with Crippen molar-refractivity contribution in [1.82, 2.24) is 5.32 Å². The highest BCUT2D eigenvalue weighted by Gasteiger charge is 2.15. The molecule has 5 heteroatoms. The fraction of sp³-hybridized carbons (Fsp3) is 0.143. The van der Waals surface area contributed by atoms with Gasteiger partial charge in [0.1, 0.15) is 0 Å². The number of hydrogen-bond donors (Lipinski definition) is 2. The lowest BCUT2D eigenvalue weighted by Gasteiger charge is -2.10. The number of fused-ring (bicyclic) bond motifs is 1. The number of rotatable bonds is 3. The molecule has 0 aliphatic rings. The number of carbonyl (C=O) groups excluding carboxylic acids is 2. The van der Waals surface area contributed by atoms with Gasteiger partial charge in [-0.1, -0.05) is 30.3 Å². The molecule has 0 spiro atoms. The second-order valence-electron chi connectivity index (χ2n) is 4.12. The minimum Gasteiger partial charge on any atom is -0.351 e. The zero-order valence-electron chi connectivity index (χ0n) is 10.4. The van der Waals surface area contributed by atoms with Gasteiger partial charge in [0.25, 0.3) is 0 Å². The van der Waals surface area contributed by atoms with Crippen molar-refractivity contribution in [3.8, 4) is 0 Å². The second-order valence-corrected chi connectivity index (χ2v) is 5.54. The normalized spacial score (nSPS) is 12.1. The molecule has 0 aliphatic heterocycles. The third kappa shape index (κ3) is 3.48. The zero-order valence-corrected chi connectivity index (χ0v) is 11.2. The molecule has 0 aliphatic carbocycles. The maximum absolute atomic E-state index is 11.6. The Labute approximate surface area is 115 Å². The van der Waals surface area contributed by atoms with Gasteiger partial charge in [-0.25, -0.2) is 4.79 Å². The van der Waals surface area contributed by atoms with E-state index in [1.165, 1.54) is 11.8 Å². The lowest BCUT2D eigenvalue weighted by molar-refractivity contribution is -0.119. The van der Waals surface area contributed by atoms with Gasteiger partial charge in [0.2, 0.25) is 5.91 Å². The van der Waals surface area contributed by atoms with E-state index in [0.717, 1.165) is 15.7 Å². The van der Waals surface area contributed by atoms with Gasteiger partial charge in [0.15, 0.2) is 0 Å². The number of nitrogens with one attached hydrogen (secondary N) is 1. The SMILES string of the molecule is C[C@@H](Sc1ccc2ccccc2c1)C(=O)NC(N)=O. The fourth-order valence-corrected chi connectivity index (χ4v) is 2.64. The predicted octanol–water partition coefficient (Wildman–Crippen LogP) is 2.52. The number of imide groups is 1. The summed E-state index contributed by atoms with van der Waals surface area (Å²) in [6, 6.07) is 13.2. The lowest BCUT2D eigenvalue weighted by atomic mass is 10.1. The monoisotopic (exact) mass is 274 g/mol. The quantitative estimate of drug-likeness (QED) is 0.845. The van der Waals surface area contributed by atoms with Crippen molar-refractivity contribution in [3.05, 3.63) is 42.5 Å². The third-order valence-electron chi connectivity index (χ3n) is 2.65. The zero-order chi connectivity index (χ0) is 13.8. The summed E-state index contributed by atoms with van der Waals surface area (Å²) in [6.45, 7) is 1.73. The second kappa shape index (κ2) is 5.75. The molecular formula is C14H14N2O2S. The first-order chi connectivity index (χ1) is 9.06. The van der Waals surface area contributed by atoms with Crippen LogP contribution in [0.1, 0.15) is 6.92 Å². The lowest BCUT2D eigenvalue weighted by Crippen LogP contribution is -2.39. The van der Waals surface area contributed by atoms with Gasteiger partial charge in [-0.15, -0.1) is 11.8 Å². The van der Waals surface area contributed by atoms with Gasteiger partial charge >= 0.3 is 6.03 Å². The van der Waals surface area contributed by atoms with E-state index in [4.69, 9.17) is 5.73 Å². The van der Waals surface area contributed by atoms with Gasteiger partial charge in [-0.3, -0.25) is 10.1 Å². The van der Waals surface area contributed by atoms with Gasteiger partial charge in [-0.2, -0.15) is 0 Å². The van der Waals surface area contributed by atoms with E-state index < -0.39 is 6.03 Å². The molecule has 1 atom stereocenters. The summed E-state index contributed by atoms with van der Waals surface area (Å²) >= 11 is 1.39. The molecule has 98 valence electrons. The molecule has 0 saturated heterocycles. The maximum atomic E-state index is 11.6. The van der Waals surface area contributed by atoms with Crippen molar-refractivity contribution < 1.29 is 9.59 Å². The van der Waals surface area contributed by atoms with Crippen molar-refractivity contribution >= 4 is 34.5 Å². The molecule has 0 unspecified atom stereocenters. The van der Waals surface area contributed by atoms with Crippen molar-refractivity contribution in [3.63, 3.8) is 0 Å². The van der Waals surface area contributed by atoms with E-state index >= 15 is 0 Å². The molecule has 2 aromatic rings. The number of urea groups is 1. The van der Waals surface area contributed by atoms with Gasteiger partial charge < -0.3 is 5.73 Å². The number of nitrogens with two attached hydrogens (primary N) is 1. The molecular weight excluding hydrogens is 260 g/mol. The molecule has 0 fully saturated rings. The van der Waals surface area contributed by atoms with Crippen LogP contribution in [-0.2, 0) is 4.79 Å². The van der Waals surface area contributed by atoms with Crippen LogP contribution >= 0.6 is 11.8 Å². The molecule has 0 radical (unpaired) electrons. The standard InChI is InChI=1S/C14H14N2O2S/c1-9(13(17)16-14(15)18)19-12-7-6-10-4-2-3-5-11(10)8-12/h2-9H,1H3,(H3,15,16,17,18)/t9-/m1/s1. The average Bonchev–Trinajstić information content (AvgIpc) is 2.37. The molecule has 0 bridgehead atoms. The number of carbonyl (C=O) groups is 2. The van der Waals surface area contributed by atoms with Gasteiger partial charge in [0.05, 0.1) is 5.25 Å². The number of benzene rings is 2. The Kier molecular flexibility index (Phi) is 4.06. The Bertz CT molecular complexity index is 628. The van der Waals surface area contributed by atoms with E-state index in [2.05, 4.69) is 5.32 Å². The van der Waals surface area contributed by atoms with E-state index in [-0.39, 0.29) is 11.2 Å². The summed E-state index contributed by atoms with van der Waals surface area (Å²) in [6.07, 6.45) is 0. The number of primary amides is 1. The molecule has 19 heavy (non-hydrogen) atoms. The third-order valence-corrected chi connectivity index (χ3v) is 3.74.